The summed E-state index contributed by atoms with van der Waals surface area (Å²) in [5.74, 6) is -0.251. The lowest BCUT2D eigenvalue weighted by Crippen LogP contribution is -2.35. The zero-order valence-electron chi connectivity index (χ0n) is 15.9. The van der Waals surface area contributed by atoms with Crippen LogP contribution in [0.5, 0.6) is 0 Å². The van der Waals surface area contributed by atoms with Crippen LogP contribution in [0, 0.1) is 12.7 Å². The van der Waals surface area contributed by atoms with Gasteiger partial charge in [-0.25, -0.2) is 9.37 Å². The maximum Gasteiger partial charge on any atom is 0.234 e. The zero-order chi connectivity index (χ0) is 19.7. The van der Waals surface area contributed by atoms with Crippen molar-refractivity contribution in [3.8, 4) is 10.6 Å². The average molecular weight is 396 g/mol. The van der Waals surface area contributed by atoms with Gasteiger partial charge in [-0.1, -0.05) is 24.3 Å². The van der Waals surface area contributed by atoms with Crippen molar-refractivity contribution in [3.05, 3.63) is 76.0 Å². The number of benzene rings is 2. The third-order valence-corrected chi connectivity index (χ3v) is 6.36. The molecule has 0 saturated heterocycles. The number of nitrogens with zero attached hydrogens (tertiary/aromatic N) is 2. The number of amides is 1. The molecule has 0 aliphatic carbocycles. The summed E-state index contributed by atoms with van der Waals surface area (Å²) in [6.07, 6.45) is 0. The monoisotopic (exact) mass is 395 g/mol. The van der Waals surface area contributed by atoms with Crippen molar-refractivity contribution >= 4 is 17.2 Å². The fourth-order valence-corrected chi connectivity index (χ4v) is 4.67. The number of nitrogens with one attached hydrogen (secondary N) is 1. The third kappa shape index (κ3) is 3.98. The molecule has 4 rings (SSSR count). The molecular formula is C22H22FN3OS. The zero-order valence-corrected chi connectivity index (χ0v) is 16.7. The molecule has 1 amide bonds. The van der Waals surface area contributed by atoms with Crippen LogP contribution in [-0.2, 0) is 17.9 Å². The summed E-state index contributed by atoms with van der Waals surface area (Å²) in [6.45, 7) is 5.92. The molecule has 1 atom stereocenters. The summed E-state index contributed by atoms with van der Waals surface area (Å²) in [4.78, 5) is 20.3. The van der Waals surface area contributed by atoms with Crippen molar-refractivity contribution in [2.24, 2.45) is 0 Å². The summed E-state index contributed by atoms with van der Waals surface area (Å²) in [6, 6.07) is 14.5. The van der Waals surface area contributed by atoms with Crippen molar-refractivity contribution in [2.75, 3.05) is 6.54 Å². The quantitative estimate of drug-likeness (QED) is 0.694. The lowest BCUT2D eigenvalue weighted by atomic mass is 10.1. The first-order chi connectivity index (χ1) is 13.5. The molecule has 6 heteroatoms. The summed E-state index contributed by atoms with van der Waals surface area (Å²) >= 11 is 1.54. The van der Waals surface area contributed by atoms with Crippen molar-refractivity contribution in [2.45, 2.75) is 33.0 Å². The standard InChI is InChI=1S/C22H22FN3OS/c1-14(21-15(2)25-22(28-21)16-7-9-19(23)10-8-16)24-20(27)13-26-11-17-5-3-4-6-18(17)12-26/h3-10,14H,11-13H2,1-2H3,(H,24,27). The topological polar surface area (TPSA) is 45.2 Å². The van der Waals surface area contributed by atoms with Gasteiger partial charge in [-0.2, -0.15) is 0 Å². The van der Waals surface area contributed by atoms with E-state index in [1.165, 1.54) is 34.6 Å². The van der Waals surface area contributed by atoms with Crippen LogP contribution in [0.3, 0.4) is 0 Å². The van der Waals surface area contributed by atoms with E-state index in [2.05, 4.69) is 27.3 Å². The molecule has 1 aromatic heterocycles. The molecule has 0 radical (unpaired) electrons. The van der Waals surface area contributed by atoms with E-state index in [-0.39, 0.29) is 17.8 Å². The minimum atomic E-state index is -0.262. The van der Waals surface area contributed by atoms with Gasteiger partial charge in [0.1, 0.15) is 10.8 Å². The van der Waals surface area contributed by atoms with Crippen LogP contribution in [0.2, 0.25) is 0 Å². The van der Waals surface area contributed by atoms with Crippen LogP contribution in [0.4, 0.5) is 4.39 Å². The second kappa shape index (κ2) is 7.81. The Bertz CT molecular complexity index is 974. The van der Waals surface area contributed by atoms with Crippen molar-refractivity contribution < 1.29 is 9.18 Å². The summed E-state index contributed by atoms with van der Waals surface area (Å²) in [5, 5.41) is 3.93. The second-order valence-electron chi connectivity index (χ2n) is 7.18. The predicted molar refractivity (Wildman–Crippen MR) is 109 cm³/mol. The SMILES string of the molecule is Cc1nc(-c2ccc(F)cc2)sc1C(C)NC(=O)CN1Cc2ccccc2C1. The Balaban J connectivity index is 1.39. The molecule has 0 spiro atoms. The average Bonchev–Trinajstić information content (AvgIpc) is 3.25. The van der Waals surface area contributed by atoms with Gasteiger partial charge in [-0.05, 0) is 49.2 Å². The largest absolute Gasteiger partial charge is 0.348 e. The second-order valence-corrected chi connectivity index (χ2v) is 8.21. The number of rotatable bonds is 5. The number of aromatic nitrogens is 1. The Morgan fingerprint density at radius 3 is 2.46 bits per heavy atom. The smallest absolute Gasteiger partial charge is 0.234 e. The summed E-state index contributed by atoms with van der Waals surface area (Å²) in [7, 11) is 0. The van der Waals surface area contributed by atoms with Gasteiger partial charge in [-0.3, -0.25) is 9.69 Å². The molecule has 3 aromatic rings. The van der Waals surface area contributed by atoms with E-state index in [0.29, 0.717) is 6.54 Å². The Morgan fingerprint density at radius 2 is 1.82 bits per heavy atom. The summed E-state index contributed by atoms with van der Waals surface area (Å²) < 4.78 is 13.1. The normalized spacial score (nSPS) is 14.7. The molecule has 0 fully saturated rings. The highest BCUT2D eigenvalue weighted by atomic mass is 32.1. The van der Waals surface area contributed by atoms with E-state index in [1.807, 2.05) is 26.0 Å². The van der Waals surface area contributed by atoms with Gasteiger partial charge in [0.15, 0.2) is 0 Å². The Hall–Kier alpha value is -2.57. The maximum atomic E-state index is 13.1. The van der Waals surface area contributed by atoms with E-state index in [4.69, 9.17) is 0 Å². The lowest BCUT2D eigenvalue weighted by molar-refractivity contribution is -0.123. The maximum absolute atomic E-state index is 13.1. The van der Waals surface area contributed by atoms with Crippen LogP contribution in [0.1, 0.15) is 34.7 Å². The highest BCUT2D eigenvalue weighted by Gasteiger charge is 2.22. The molecule has 144 valence electrons. The number of thiazole rings is 1. The fourth-order valence-electron chi connectivity index (χ4n) is 3.60. The van der Waals surface area contributed by atoms with Gasteiger partial charge in [0, 0.05) is 18.7 Å². The number of aryl methyl sites for hydroxylation is 1. The Kier molecular flexibility index (Phi) is 5.24. The van der Waals surface area contributed by atoms with Crippen LogP contribution in [-0.4, -0.2) is 22.3 Å². The van der Waals surface area contributed by atoms with Gasteiger partial charge in [0.25, 0.3) is 0 Å². The predicted octanol–water partition coefficient (Wildman–Crippen LogP) is 4.45. The molecular weight excluding hydrogens is 373 g/mol. The molecule has 2 heterocycles. The van der Waals surface area contributed by atoms with Gasteiger partial charge >= 0.3 is 0 Å². The number of carbonyl (C=O) groups is 1. The Labute approximate surface area is 168 Å². The highest BCUT2D eigenvalue weighted by Crippen LogP contribution is 2.32. The first-order valence-corrected chi connectivity index (χ1v) is 10.1. The Morgan fingerprint density at radius 1 is 1.18 bits per heavy atom. The molecule has 28 heavy (non-hydrogen) atoms. The van der Waals surface area contributed by atoms with Crippen LogP contribution >= 0.6 is 11.3 Å². The fraction of sp³-hybridized carbons (Fsp3) is 0.273. The van der Waals surface area contributed by atoms with Crippen molar-refractivity contribution in [1.82, 2.24) is 15.2 Å². The van der Waals surface area contributed by atoms with E-state index in [0.717, 1.165) is 34.2 Å². The number of hydrogen-bond donors (Lipinski definition) is 1. The highest BCUT2D eigenvalue weighted by molar-refractivity contribution is 7.15. The number of carbonyl (C=O) groups excluding carboxylic acids is 1. The molecule has 1 unspecified atom stereocenters. The van der Waals surface area contributed by atoms with E-state index < -0.39 is 0 Å². The minimum absolute atomic E-state index is 0.0106. The van der Waals surface area contributed by atoms with Crippen molar-refractivity contribution in [1.29, 1.82) is 0 Å². The van der Waals surface area contributed by atoms with Gasteiger partial charge in [-0.15, -0.1) is 11.3 Å². The number of fused-ring (bicyclic) bond motifs is 1. The van der Waals surface area contributed by atoms with Crippen LogP contribution < -0.4 is 5.32 Å². The molecule has 1 aliphatic rings. The minimum Gasteiger partial charge on any atom is -0.348 e. The molecule has 1 aliphatic heterocycles. The summed E-state index contributed by atoms with van der Waals surface area (Å²) in [5.41, 5.74) is 4.37. The van der Waals surface area contributed by atoms with Gasteiger partial charge in [0.2, 0.25) is 5.91 Å². The number of halogens is 1. The van der Waals surface area contributed by atoms with Crippen LogP contribution in [0.15, 0.2) is 48.5 Å². The first kappa shape index (κ1) is 18.8. The first-order valence-electron chi connectivity index (χ1n) is 9.31. The molecule has 0 bridgehead atoms. The lowest BCUT2D eigenvalue weighted by Gasteiger charge is -2.17. The van der Waals surface area contributed by atoms with E-state index >= 15 is 0 Å². The number of hydrogen-bond acceptors (Lipinski definition) is 4. The van der Waals surface area contributed by atoms with Crippen LogP contribution in [0.25, 0.3) is 10.6 Å². The van der Waals surface area contributed by atoms with E-state index in [1.54, 1.807) is 12.1 Å². The molecule has 4 nitrogen and oxygen atoms in total. The van der Waals surface area contributed by atoms with E-state index in [9.17, 15) is 9.18 Å². The van der Waals surface area contributed by atoms with Crippen molar-refractivity contribution in [3.63, 3.8) is 0 Å². The molecule has 2 aromatic carbocycles. The molecule has 0 saturated carbocycles. The third-order valence-electron chi connectivity index (χ3n) is 4.97. The molecule has 1 N–H and O–H groups in total. The van der Waals surface area contributed by atoms with Gasteiger partial charge < -0.3 is 5.32 Å². The van der Waals surface area contributed by atoms with Gasteiger partial charge in [0.05, 0.1) is 23.2 Å².